The third kappa shape index (κ3) is 6.42. The van der Waals surface area contributed by atoms with E-state index in [-0.39, 0.29) is 5.91 Å². The molecular weight excluding hydrogens is 388 g/mol. The number of methoxy groups -OCH3 is 1. The van der Waals surface area contributed by atoms with Gasteiger partial charge in [0.15, 0.2) is 5.16 Å². The van der Waals surface area contributed by atoms with Crippen molar-refractivity contribution in [3.05, 3.63) is 47.2 Å². The van der Waals surface area contributed by atoms with E-state index in [0.29, 0.717) is 24.5 Å². The predicted molar refractivity (Wildman–Crippen MR) is 115 cm³/mol. The number of amides is 1. The highest BCUT2D eigenvalue weighted by Crippen LogP contribution is 2.24. The molecule has 8 heteroatoms. The fourth-order valence-corrected chi connectivity index (χ4v) is 3.79. The number of carbonyl (C=O) groups is 1. The highest BCUT2D eigenvalue weighted by molar-refractivity contribution is 7.98. The number of carbonyl (C=O) groups excluding carboxylic acids is 1. The van der Waals surface area contributed by atoms with E-state index < -0.39 is 0 Å². The van der Waals surface area contributed by atoms with E-state index >= 15 is 0 Å². The minimum absolute atomic E-state index is 0.0901. The molecule has 1 aliphatic heterocycles. The lowest BCUT2D eigenvalue weighted by Gasteiger charge is -2.28. The Morgan fingerprint density at radius 1 is 1.28 bits per heavy atom. The molecule has 1 fully saturated rings. The maximum Gasteiger partial charge on any atom is 0.251 e. The van der Waals surface area contributed by atoms with Crippen LogP contribution in [-0.4, -0.2) is 62.4 Å². The van der Waals surface area contributed by atoms with Gasteiger partial charge in [-0.15, -0.1) is 0 Å². The molecule has 1 amide bonds. The molecule has 3 rings (SSSR count). The van der Waals surface area contributed by atoms with E-state index in [2.05, 4.69) is 28.2 Å². The first-order valence-electron chi connectivity index (χ1n) is 9.89. The third-order valence-electron chi connectivity index (χ3n) is 4.59. The molecule has 0 atom stereocenters. The summed E-state index contributed by atoms with van der Waals surface area (Å²) in [6, 6.07) is 9.73. The van der Waals surface area contributed by atoms with E-state index in [9.17, 15) is 4.79 Å². The number of anilines is 1. The lowest BCUT2D eigenvalue weighted by Crippen LogP contribution is -2.37. The quantitative estimate of drug-likeness (QED) is 0.382. The molecule has 2 heterocycles. The summed E-state index contributed by atoms with van der Waals surface area (Å²) in [4.78, 5) is 23.9. The molecule has 7 nitrogen and oxygen atoms in total. The lowest BCUT2D eigenvalue weighted by molar-refractivity contribution is 0.0937. The Balaban J connectivity index is 1.66. The van der Waals surface area contributed by atoms with Crippen molar-refractivity contribution >= 4 is 23.5 Å². The van der Waals surface area contributed by atoms with Crippen molar-refractivity contribution in [3.63, 3.8) is 0 Å². The molecule has 0 saturated carbocycles. The van der Waals surface area contributed by atoms with Crippen molar-refractivity contribution in [2.24, 2.45) is 0 Å². The highest BCUT2D eigenvalue weighted by atomic mass is 32.2. The molecule has 1 aromatic carbocycles. The summed E-state index contributed by atoms with van der Waals surface area (Å²) in [7, 11) is 1.62. The van der Waals surface area contributed by atoms with Crippen LogP contribution < -0.4 is 10.2 Å². The molecule has 0 unspecified atom stereocenters. The van der Waals surface area contributed by atoms with Crippen LogP contribution >= 0.6 is 11.8 Å². The number of thioether (sulfide) groups is 1. The average molecular weight is 417 g/mol. The van der Waals surface area contributed by atoms with E-state index in [4.69, 9.17) is 14.5 Å². The second-order valence-corrected chi connectivity index (χ2v) is 7.63. The predicted octanol–water partition coefficient (Wildman–Crippen LogP) is 2.54. The van der Waals surface area contributed by atoms with Gasteiger partial charge in [0.2, 0.25) is 0 Å². The molecule has 29 heavy (non-hydrogen) atoms. The van der Waals surface area contributed by atoms with Gasteiger partial charge in [0.05, 0.1) is 19.8 Å². The van der Waals surface area contributed by atoms with Gasteiger partial charge in [-0.25, -0.2) is 9.97 Å². The highest BCUT2D eigenvalue weighted by Gasteiger charge is 2.15. The molecule has 156 valence electrons. The normalized spacial score (nSPS) is 14.1. The number of hydrogen-bond acceptors (Lipinski definition) is 7. The Kier molecular flexibility index (Phi) is 8.27. The summed E-state index contributed by atoms with van der Waals surface area (Å²) in [6.45, 7) is 6.26. The molecule has 0 radical (unpaired) electrons. The maximum absolute atomic E-state index is 12.2. The molecule has 0 aliphatic carbocycles. The Morgan fingerprint density at radius 3 is 2.86 bits per heavy atom. The summed E-state index contributed by atoms with van der Waals surface area (Å²) >= 11 is 1.59. The van der Waals surface area contributed by atoms with Crippen molar-refractivity contribution in [1.29, 1.82) is 0 Å². The Labute approximate surface area is 176 Å². The van der Waals surface area contributed by atoms with Crippen LogP contribution in [0, 0.1) is 0 Å². The second-order valence-electron chi connectivity index (χ2n) is 6.69. The van der Waals surface area contributed by atoms with Gasteiger partial charge in [0.1, 0.15) is 5.82 Å². The van der Waals surface area contributed by atoms with Crippen LogP contribution in [0.1, 0.15) is 28.5 Å². The number of nitrogens with zero attached hydrogens (tertiary/aromatic N) is 3. The van der Waals surface area contributed by atoms with E-state index in [1.807, 2.05) is 24.3 Å². The summed E-state index contributed by atoms with van der Waals surface area (Å²) < 4.78 is 10.4. The van der Waals surface area contributed by atoms with Crippen LogP contribution in [0.25, 0.3) is 0 Å². The number of rotatable bonds is 9. The van der Waals surface area contributed by atoms with Crippen molar-refractivity contribution in [2.45, 2.75) is 24.3 Å². The SMILES string of the molecule is CCc1cc(N2CCOCC2)nc(SCc2cccc(C(=O)NCCOC)c2)n1. The zero-order chi connectivity index (χ0) is 20.5. The van der Waals surface area contributed by atoms with Crippen LogP contribution in [0.5, 0.6) is 0 Å². The smallest absolute Gasteiger partial charge is 0.251 e. The largest absolute Gasteiger partial charge is 0.383 e. The second kappa shape index (κ2) is 11.1. The summed E-state index contributed by atoms with van der Waals surface area (Å²) in [5.41, 5.74) is 2.75. The van der Waals surface area contributed by atoms with E-state index in [0.717, 1.165) is 55.0 Å². The van der Waals surface area contributed by atoms with Crippen molar-refractivity contribution in [3.8, 4) is 0 Å². The first kappa shape index (κ1) is 21.5. The van der Waals surface area contributed by atoms with E-state index in [1.165, 1.54) is 0 Å². The lowest BCUT2D eigenvalue weighted by atomic mass is 10.1. The zero-order valence-electron chi connectivity index (χ0n) is 17.0. The zero-order valence-corrected chi connectivity index (χ0v) is 17.8. The summed E-state index contributed by atoms with van der Waals surface area (Å²) in [5.74, 6) is 1.58. The Bertz CT molecular complexity index is 812. The summed E-state index contributed by atoms with van der Waals surface area (Å²) in [5, 5.41) is 3.61. The number of hydrogen-bond donors (Lipinski definition) is 1. The molecule has 1 saturated heterocycles. The van der Waals surface area contributed by atoms with Gasteiger partial charge in [0, 0.05) is 49.8 Å². The van der Waals surface area contributed by atoms with Gasteiger partial charge in [0.25, 0.3) is 5.91 Å². The van der Waals surface area contributed by atoms with Crippen molar-refractivity contribution < 1.29 is 14.3 Å². The first-order valence-corrected chi connectivity index (χ1v) is 10.9. The van der Waals surface area contributed by atoms with Crippen LogP contribution in [0.3, 0.4) is 0 Å². The standard InChI is InChI=1S/C21H28N4O3S/c1-3-18-14-19(25-8-11-28-12-9-25)24-21(23-18)29-15-16-5-4-6-17(13-16)20(26)22-7-10-27-2/h4-6,13-14H,3,7-12,15H2,1-2H3,(H,22,26). The minimum atomic E-state index is -0.0901. The van der Waals surface area contributed by atoms with Crippen LogP contribution in [-0.2, 0) is 21.6 Å². The molecule has 1 aromatic heterocycles. The number of morpholine rings is 1. The summed E-state index contributed by atoms with van der Waals surface area (Å²) in [6.07, 6.45) is 0.866. The number of nitrogens with one attached hydrogen (secondary N) is 1. The fourth-order valence-electron chi connectivity index (χ4n) is 2.98. The maximum atomic E-state index is 12.2. The molecule has 1 N–H and O–H groups in total. The van der Waals surface area contributed by atoms with Gasteiger partial charge in [-0.1, -0.05) is 30.8 Å². The monoisotopic (exact) mass is 416 g/mol. The Morgan fingerprint density at radius 2 is 2.10 bits per heavy atom. The third-order valence-corrected chi connectivity index (χ3v) is 5.51. The van der Waals surface area contributed by atoms with Gasteiger partial charge in [-0.2, -0.15) is 0 Å². The van der Waals surface area contributed by atoms with Crippen molar-refractivity contribution in [2.75, 3.05) is 51.5 Å². The molecule has 2 aromatic rings. The van der Waals surface area contributed by atoms with Gasteiger partial charge in [-0.3, -0.25) is 4.79 Å². The van der Waals surface area contributed by atoms with Gasteiger partial charge < -0.3 is 19.7 Å². The van der Waals surface area contributed by atoms with Crippen LogP contribution in [0.4, 0.5) is 5.82 Å². The molecule has 1 aliphatic rings. The van der Waals surface area contributed by atoms with Crippen molar-refractivity contribution in [1.82, 2.24) is 15.3 Å². The average Bonchev–Trinajstić information content (AvgIpc) is 2.78. The fraction of sp³-hybridized carbons (Fsp3) is 0.476. The molecule has 0 bridgehead atoms. The van der Waals surface area contributed by atoms with E-state index in [1.54, 1.807) is 18.9 Å². The van der Waals surface area contributed by atoms with Gasteiger partial charge in [-0.05, 0) is 24.1 Å². The van der Waals surface area contributed by atoms with Crippen LogP contribution in [0.2, 0.25) is 0 Å². The number of ether oxygens (including phenoxy) is 2. The van der Waals surface area contributed by atoms with Crippen LogP contribution in [0.15, 0.2) is 35.5 Å². The molecule has 0 spiro atoms. The number of benzene rings is 1. The Hall–Kier alpha value is -2.16. The van der Waals surface area contributed by atoms with Gasteiger partial charge >= 0.3 is 0 Å². The molecular formula is C21H28N4O3S. The topological polar surface area (TPSA) is 76.6 Å². The first-order chi connectivity index (χ1) is 14.2. The number of aromatic nitrogens is 2. The number of aryl methyl sites for hydroxylation is 1. The minimum Gasteiger partial charge on any atom is -0.383 e.